The van der Waals surface area contributed by atoms with E-state index in [1.807, 2.05) is 12.1 Å². The summed E-state index contributed by atoms with van der Waals surface area (Å²) in [6, 6.07) is 4.29. The molecule has 0 radical (unpaired) electrons. The van der Waals surface area contributed by atoms with Crippen LogP contribution in [0.5, 0.6) is 0 Å². The Morgan fingerprint density at radius 2 is 2.44 bits per heavy atom. The summed E-state index contributed by atoms with van der Waals surface area (Å²) >= 11 is 0. The van der Waals surface area contributed by atoms with Crippen LogP contribution in [-0.2, 0) is 11.3 Å². The SMILES string of the molecule is CC1CCCCN1CC(O)COCc1ccco1. The molecular formula is C14H23NO3. The quantitative estimate of drug-likeness (QED) is 0.842. The lowest BCUT2D eigenvalue weighted by Crippen LogP contribution is -2.43. The van der Waals surface area contributed by atoms with Gasteiger partial charge in [0.25, 0.3) is 0 Å². The summed E-state index contributed by atoms with van der Waals surface area (Å²) in [5, 5.41) is 9.95. The van der Waals surface area contributed by atoms with Crippen molar-refractivity contribution in [2.24, 2.45) is 0 Å². The van der Waals surface area contributed by atoms with Crippen LogP contribution in [-0.4, -0.2) is 41.8 Å². The Balaban J connectivity index is 1.63. The molecule has 1 aliphatic heterocycles. The predicted molar refractivity (Wildman–Crippen MR) is 69.3 cm³/mol. The fourth-order valence-corrected chi connectivity index (χ4v) is 2.44. The summed E-state index contributed by atoms with van der Waals surface area (Å²) < 4.78 is 10.6. The van der Waals surface area contributed by atoms with Gasteiger partial charge in [0.15, 0.2) is 0 Å². The molecule has 1 N–H and O–H groups in total. The first kappa shape index (κ1) is 13.6. The first-order valence-electron chi connectivity index (χ1n) is 6.78. The number of aliphatic hydroxyl groups excluding tert-OH is 1. The molecule has 0 saturated carbocycles. The van der Waals surface area contributed by atoms with E-state index in [9.17, 15) is 5.11 Å². The molecule has 0 aromatic carbocycles. The van der Waals surface area contributed by atoms with Crippen molar-refractivity contribution in [3.63, 3.8) is 0 Å². The van der Waals surface area contributed by atoms with Crippen LogP contribution in [0.4, 0.5) is 0 Å². The Bertz CT molecular complexity index is 326. The van der Waals surface area contributed by atoms with Crippen LogP contribution in [0.2, 0.25) is 0 Å². The lowest BCUT2D eigenvalue weighted by atomic mass is 10.0. The molecule has 102 valence electrons. The molecule has 1 aromatic heterocycles. The average molecular weight is 253 g/mol. The minimum atomic E-state index is -0.416. The van der Waals surface area contributed by atoms with Crippen LogP contribution in [0.15, 0.2) is 22.8 Å². The molecule has 1 aliphatic rings. The smallest absolute Gasteiger partial charge is 0.129 e. The van der Waals surface area contributed by atoms with E-state index in [2.05, 4.69) is 11.8 Å². The molecule has 2 rings (SSSR count). The maximum absolute atomic E-state index is 9.95. The van der Waals surface area contributed by atoms with Gasteiger partial charge >= 0.3 is 0 Å². The number of rotatable bonds is 6. The fraction of sp³-hybridized carbons (Fsp3) is 0.714. The minimum absolute atomic E-state index is 0.365. The lowest BCUT2D eigenvalue weighted by Gasteiger charge is -2.34. The second-order valence-corrected chi connectivity index (χ2v) is 5.09. The molecule has 1 saturated heterocycles. The normalized spacial score (nSPS) is 23.1. The molecule has 18 heavy (non-hydrogen) atoms. The third-order valence-electron chi connectivity index (χ3n) is 3.52. The lowest BCUT2D eigenvalue weighted by molar-refractivity contribution is -0.00530. The first-order valence-corrected chi connectivity index (χ1v) is 6.78. The van der Waals surface area contributed by atoms with Crippen molar-refractivity contribution < 1.29 is 14.3 Å². The second-order valence-electron chi connectivity index (χ2n) is 5.09. The predicted octanol–water partition coefficient (Wildman–Crippen LogP) is 2.03. The maximum Gasteiger partial charge on any atom is 0.129 e. The van der Waals surface area contributed by atoms with Gasteiger partial charge in [0.2, 0.25) is 0 Å². The number of β-amino-alcohol motifs (C(OH)–C–C–N with tert-alkyl or cyclic N) is 1. The summed E-state index contributed by atoms with van der Waals surface area (Å²) in [5.41, 5.74) is 0. The van der Waals surface area contributed by atoms with Crippen molar-refractivity contribution in [2.75, 3.05) is 19.7 Å². The zero-order valence-corrected chi connectivity index (χ0v) is 11.0. The highest BCUT2D eigenvalue weighted by Gasteiger charge is 2.20. The highest BCUT2D eigenvalue weighted by molar-refractivity contribution is 4.96. The zero-order chi connectivity index (χ0) is 12.8. The van der Waals surface area contributed by atoms with E-state index in [-0.39, 0.29) is 0 Å². The monoisotopic (exact) mass is 253 g/mol. The van der Waals surface area contributed by atoms with Gasteiger partial charge in [0, 0.05) is 12.6 Å². The number of hydrogen-bond donors (Lipinski definition) is 1. The standard InChI is InChI=1S/C14H23NO3/c1-12-5-2-3-7-15(12)9-13(16)10-17-11-14-6-4-8-18-14/h4,6,8,12-13,16H,2-3,5,7,9-11H2,1H3. The Morgan fingerprint density at radius 3 is 3.17 bits per heavy atom. The highest BCUT2D eigenvalue weighted by Crippen LogP contribution is 2.16. The van der Waals surface area contributed by atoms with Crippen molar-refractivity contribution in [2.45, 2.75) is 44.9 Å². The third kappa shape index (κ3) is 4.12. The zero-order valence-electron chi connectivity index (χ0n) is 11.0. The minimum Gasteiger partial charge on any atom is -0.467 e. The van der Waals surface area contributed by atoms with Gasteiger partial charge in [-0.1, -0.05) is 6.42 Å². The largest absolute Gasteiger partial charge is 0.467 e. The Kier molecular flexibility index (Phi) is 5.23. The summed E-state index contributed by atoms with van der Waals surface area (Å²) in [6.07, 6.45) is 5.00. The van der Waals surface area contributed by atoms with Crippen LogP contribution in [0.3, 0.4) is 0 Å². The number of piperidine rings is 1. The summed E-state index contributed by atoms with van der Waals surface area (Å²) in [7, 11) is 0. The molecular weight excluding hydrogens is 230 g/mol. The molecule has 0 spiro atoms. The number of likely N-dealkylation sites (tertiary alicyclic amines) is 1. The van der Waals surface area contributed by atoms with Crippen molar-refractivity contribution in [3.8, 4) is 0 Å². The Morgan fingerprint density at radius 1 is 1.56 bits per heavy atom. The van der Waals surface area contributed by atoms with Crippen molar-refractivity contribution >= 4 is 0 Å². The van der Waals surface area contributed by atoms with Crippen molar-refractivity contribution in [3.05, 3.63) is 24.2 Å². The maximum atomic E-state index is 9.95. The van der Waals surface area contributed by atoms with E-state index in [0.717, 1.165) is 12.3 Å². The molecule has 0 aliphatic carbocycles. The highest BCUT2D eigenvalue weighted by atomic mass is 16.5. The van der Waals surface area contributed by atoms with Gasteiger partial charge < -0.3 is 14.3 Å². The average Bonchev–Trinajstić information content (AvgIpc) is 2.85. The Hall–Kier alpha value is -0.840. The fourth-order valence-electron chi connectivity index (χ4n) is 2.44. The number of hydrogen-bond acceptors (Lipinski definition) is 4. The molecule has 2 atom stereocenters. The van der Waals surface area contributed by atoms with E-state index in [1.165, 1.54) is 19.3 Å². The topological polar surface area (TPSA) is 45.8 Å². The van der Waals surface area contributed by atoms with Gasteiger partial charge in [-0.15, -0.1) is 0 Å². The van der Waals surface area contributed by atoms with Crippen LogP contribution < -0.4 is 0 Å². The van der Waals surface area contributed by atoms with Gasteiger partial charge in [-0.25, -0.2) is 0 Å². The van der Waals surface area contributed by atoms with E-state index in [1.54, 1.807) is 6.26 Å². The van der Waals surface area contributed by atoms with Crippen LogP contribution in [0, 0.1) is 0 Å². The third-order valence-corrected chi connectivity index (χ3v) is 3.52. The Labute approximate surface area is 109 Å². The molecule has 1 fully saturated rings. The van der Waals surface area contributed by atoms with Gasteiger partial charge in [-0.2, -0.15) is 0 Å². The summed E-state index contributed by atoms with van der Waals surface area (Å²) in [6.45, 7) is 4.83. The number of nitrogens with zero attached hydrogens (tertiary/aromatic N) is 1. The van der Waals surface area contributed by atoms with Crippen LogP contribution >= 0.6 is 0 Å². The van der Waals surface area contributed by atoms with E-state index in [0.29, 0.717) is 25.8 Å². The molecule has 0 bridgehead atoms. The number of ether oxygens (including phenoxy) is 1. The number of aliphatic hydroxyl groups is 1. The molecule has 0 amide bonds. The second kappa shape index (κ2) is 6.92. The molecule has 1 aromatic rings. The van der Waals surface area contributed by atoms with Crippen molar-refractivity contribution in [1.29, 1.82) is 0 Å². The molecule has 4 heteroatoms. The van der Waals surface area contributed by atoms with Gasteiger partial charge in [0.1, 0.15) is 12.4 Å². The molecule has 2 unspecified atom stereocenters. The van der Waals surface area contributed by atoms with E-state index in [4.69, 9.17) is 9.15 Å². The van der Waals surface area contributed by atoms with E-state index < -0.39 is 6.10 Å². The summed E-state index contributed by atoms with van der Waals surface area (Å²) in [5.74, 6) is 0.800. The van der Waals surface area contributed by atoms with Crippen LogP contribution in [0.1, 0.15) is 31.9 Å². The van der Waals surface area contributed by atoms with Gasteiger partial charge in [-0.3, -0.25) is 4.90 Å². The molecule has 4 nitrogen and oxygen atoms in total. The van der Waals surface area contributed by atoms with Crippen LogP contribution in [0.25, 0.3) is 0 Å². The van der Waals surface area contributed by atoms with Crippen molar-refractivity contribution in [1.82, 2.24) is 4.90 Å². The first-order chi connectivity index (χ1) is 8.75. The van der Waals surface area contributed by atoms with E-state index >= 15 is 0 Å². The van der Waals surface area contributed by atoms with Gasteiger partial charge in [-0.05, 0) is 38.4 Å². The molecule has 2 heterocycles. The van der Waals surface area contributed by atoms with Gasteiger partial charge in [0.05, 0.1) is 19.0 Å². The number of furan rings is 1. The summed E-state index contributed by atoms with van der Waals surface area (Å²) in [4.78, 5) is 2.35.